The number of aromatic nitrogens is 2. The minimum absolute atomic E-state index is 0.0503. The van der Waals surface area contributed by atoms with Crippen LogP contribution in [0.15, 0.2) is 22.8 Å². The van der Waals surface area contributed by atoms with Crippen LogP contribution in [0, 0.1) is 0 Å². The molecule has 0 saturated heterocycles. The Kier molecular flexibility index (Phi) is 5.42. The number of rotatable bonds is 4. The highest BCUT2D eigenvalue weighted by atomic mass is 79.9. The molecule has 0 spiro atoms. The van der Waals surface area contributed by atoms with E-state index in [1.165, 1.54) is 22.8 Å². The summed E-state index contributed by atoms with van der Waals surface area (Å²) in [5, 5.41) is 0.586. The number of halogens is 6. The zero-order valence-corrected chi connectivity index (χ0v) is 14.3. The Morgan fingerprint density at radius 3 is 2.55 bits per heavy atom. The van der Waals surface area contributed by atoms with E-state index in [0.717, 1.165) is 0 Å². The lowest BCUT2D eigenvalue weighted by molar-refractivity contribution is -0.141. The monoisotopic (exact) mass is 416 g/mol. The third kappa shape index (κ3) is 3.59. The fraction of sp³-hybridized carbons (Fsp3) is 0.308. The first kappa shape index (κ1) is 17.6. The third-order valence-electron chi connectivity index (χ3n) is 2.77. The fourth-order valence-electron chi connectivity index (χ4n) is 1.79. The molecule has 0 bridgehead atoms. The first-order valence-electron chi connectivity index (χ1n) is 6.12. The van der Waals surface area contributed by atoms with Gasteiger partial charge >= 0.3 is 6.18 Å². The Bertz CT molecular complexity index is 689. The van der Waals surface area contributed by atoms with Crippen molar-refractivity contribution in [2.75, 3.05) is 6.61 Å². The van der Waals surface area contributed by atoms with E-state index in [-0.39, 0.29) is 22.2 Å². The van der Waals surface area contributed by atoms with E-state index in [4.69, 9.17) is 27.9 Å². The molecule has 0 radical (unpaired) electrons. The highest BCUT2D eigenvalue weighted by Crippen LogP contribution is 2.39. The third-order valence-corrected chi connectivity index (χ3v) is 4.12. The molecule has 0 unspecified atom stereocenters. The molecular formula is C13H10BrCl2F3N2O. The van der Waals surface area contributed by atoms with E-state index in [1.807, 2.05) is 0 Å². The molecule has 0 saturated carbocycles. The van der Waals surface area contributed by atoms with Crippen molar-refractivity contribution in [1.82, 2.24) is 9.55 Å². The molecule has 9 heteroatoms. The molecule has 1 aromatic carbocycles. The SMILES string of the molecule is CCOCn1c(-c2ccc(Cl)cc2Cl)nc(C(F)(F)F)c1Br. The van der Waals surface area contributed by atoms with Crippen molar-refractivity contribution in [3.8, 4) is 11.4 Å². The summed E-state index contributed by atoms with van der Waals surface area (Å²) >= 11 is 14.8. The van der Waals surface area contributed by atoms with E-state index < -0.39 is 11.9 Å². The quantitative estimate of drug-likeness (QED) is 0.644. The largest absolute Gasteiger partial charge is 0.436 e. The number of ether oxygens (including phenoxy) is 1. The molecule has 22 heavy (non-hydrogen) atoms. The van der Waals surface area contributed by atoms with Gasteiger partial charge in [-0.1, -0.05) is 23.2 Å². The maximum Gasteiger partial charge on any atom is 0.436 e. The molecule has 1 aromatic heterocycles. The zero-order valence-electron chi connectivity index (χ0n) is 11.2. The van der Waals surface area contributed by atoms with E-state index in [2.05, 4.69) is 20.9 Å². The minimum atomic E-state index is -4.59. The molecule has 2 rings (SSSR count). The molecule has 0 aliphatic carbocycles. The van der Waals surface area contributed by atoms with Crippen molar-refractivity contribution >= 4 is 39.1 Å². The molecule has 0 atom stereocenters. The van der Waals surface area contributed by atoms with E-state index in [1.54, 1.807) is 6.92 Å². The van der Waals surface area contributed by atoms with Gasteiger partial charge < -0.3 is 4.74 Å². The van der Waals surface area contributed by atoms with Gasteiger partial charge in [-0.25, -0.2) is 4.98 Å². The predicted octanol–water partition coefficient (Wildman–Crippen LogP) is 5.63. The maximum absolute atomic E-state index is 13.0. The summed E-state index contributed by atoms with van der Waals surface area (Å²) in [4.78, 5) is 3.68. The van der Waals surface area contributed by atoms with Gasteiger partial charge in [0.25, 0.3) is 0 Å². The van der Waals surface area contributed by atoms with Crippen molar-refractivity contribution in [3.63, 3.8) is 0 Å². The van der Waals surface area contributed by atoms with Gasteiger partial charge in [-0.05, 0) is 41.1 Å². The Hall–Kier alpha value is -0.760. The van der Waals surface area contributed by atoms with Gasteiger partial charge in [0.05, 0.1) is 5.02 Å². The summed E-state index contributed by atoms with van der Waals surface area (Å²) in [6.07, 6.45) is -4.59. The highest BCUT2D eigenvalue weighted by molar-refractivity contribution is 9.10. The lowest BCUT2D eigenvalue weighted by Crippen LogP contribution is -2.08. The molecule has 0 aliphatic heterocycles. The summed E-state index contributed by atoms with van der Waals surface area (Å²) in [5.41, 5.74) is -0.699. The Morgan fingerprint density at radius 2 is 2.00 bits per heavy atom. The van der Waals surface area contributed by atoms with Crippen LogP contribution >= 0.6 is 39.1 Å². The number of nitrogens with zero attached hydrogens (tertiary/aromatic N) is 2. The molecule has 3 nitrogen and oxygen atoms in total. The van der Waals surface area contributed by atoms with Crippen LogP contribution in [0.4, 0.5) is 13.2 Å². The fourth-order valence-corrected chi connectivity index (χ4v) is 2.87. The van der Waals surface area contributed by atoms with Gasteiger partial charge in [-0.2, -0.15) is 13.2 Å². The Balaban J connectivity index is 2.62. The van der Waals surface area contributed by atoms with Crippen LogP contribution < -0.4 is 0 Å². The standard InChI is InChI=1S/C13H10BrCl2F3N2O/c1-2-22-6-21-11(14)10(13(17,18)19)20-12(21)8-4-3-7(15)5-9(8)16/h3-5H,2,6H2,1H3. The molecule has 120 valence electrons. The van der Waals surface area contributed by atoms with Gasteiger partial charge in [0.15, 0.2) is 5.69 Å². The topological polar surface area (TPSA) is 27.1 Å². The summed E-state index contributed by atoms with van der Waals surface area (Å²) in [6.45, 7) is 2.00. The number of imidazole rings is 1. The number of benzene rings is 1. The molecule has 0 aliphatic rings. The second kappa shape index (κ2) is 6.78. The van der Waals surface area contributed by atoms with Crippen molar-refractivity contribution in [3.05, 3.63) is 38.5 Å². The number of alkyl halides is 3. The first-order chi connectivity index (χ1) is 10.3. The molecule has 0 N–H and O–H groups in total. The van der Waals surface area contributed by atoms with E-state index >= 15 is 0 Å². The van der Waals surface area contributed by atoms with Gasteiger partial charge in [-0.15, -0.1) is 0 Å². The van der Waals surface area contributed by atoms with Gasteiger partial charge in [-0.3, -0.25) is 4.57 Å². The molecule has 0 amide bonds. The van der Waals surface area contributed by atoms with Crippen molar-refractivity contribution in [2.24, 2.45) is 0 Å². The maximum atomic E-state index is 13.0. The van der Waals surface area contributed by atoms with Crippen LogP contribution in [0.2, 0.25) is 10.0 Å². The van der Waals surface area contributed by atoms with Gasteiger partial charge in [0.2, 0.25) is 0 Å². The van der Waals surface area contributed by atoms with Crippen LogP contribution in [-0.2, 0) is 17.6 Å². The van der Waals surface area contributed by atoms with Crippen molar-refractivity contribution in [2.45, 2.75) is 19.8 Å². The molecule has 1 heterocycles. The highest BCUT2D eigenvalue weighted by Gasteiger charge is 2.38. The zero-order chi connectivity index (χ0) is 16.5. The van der Waals surface area contributed by atoms with Crippen LogP contribution in [0.5, 0.6) is 0 Å². The summed E-state index contributed by atoms with van der Waals surface area (Å²) in [5.74, 6) is 0.0503. The number of hydrogen-bond acceptors (Lipinski definition) is 2. The molecule has 2 aromatic rings. The first-order valence-corrected chi connectivity index (χ1v) is 7.67. The summed E-state index contributed by atoms with van der Waals surface area (Å²) in [7, 11) is 0. The predicted molar refractivity (Wildman–Crippen MR) is 82.0 cm³/mol. The minimum Gasteiger partial charge on any atom is -0.361 e. The second-order valence-corrected chi connectivity index (χ2v) is 5.84. The smallest absolute Gasteiger partial charge is 0.361 e. The summed E-state index contributed by atoms with van der Waals surface area (Å²) in [6, 6.07) is 4.49. The average molecular weight is 418 g/mol. The Morgan fingerprint density at radius 1 is 1.32 bits per heavy atom. The van der Waals surface area contributed by atoms with Crippen molar-refractivity contribution < 1.29 is 17.9 Å². The lowest BCUT2D eigenvalue weighted by Gasteiger charge is -2.10. The lowest BCUT2D eigenvalue weighted by atomic mass is 10.2. The van der Waals surface area contributed by atoms with Crippen LogP contribution in [0.3, 0.4) is 0 Å². The van der Waals surface area contributed by atoms with E-state index in [9.17, 15) is 13.2 Å². The molecular weight excluding hydrogens is 408 g/mol. The van der Waals surface area contributed by atoms with E-state index in [0.29, 0.717) is 17.2 Å². The van der Waals surface area contributed by atoms with Crippen LogP contribution in [0.25, 0.3) is 11.4 Å². The molecule has 0 fully saturated rings. The second-order valence-electron chi connectivity index (χ2n) is 4.25. The van der Waals surface area contributed by atoms with Crippen LogP contribution in [-0.4, -0.2) is 16.2 Å². The van der Waals surface area contributed by atoms with Crippen molar-refractivity contribution in [1.29, 1.82) is 0 Å². The van der Waals surface area contributed by atoms with Gasteiger partial charge in [0, 0.05) is 17.2 Å². The summed E-state index contributed by atoms with van der Waals surface area (Å²) < 4.78 is 45.4. The van der Waals surface area contributed by atoms with Gasteiger partial charge in [0.1, 0.15) is 17.2 Å². The Labute approximate surface area is 143 Å². The normalized spacial score (nSPS) is 12.0. The van der Waals surface area contributed by atoms with Crippen LogP contribution in [0.1, 0.15) is 12.6 Å². The number of hydrogen-bond donors (Lipinski definition) is 0. The average Bonchev–Trinajstić information content (AvgIpc) is 2.73.